The molecule has 3 saturated carbocycles. The summed E-state index contributed by atoms with van der Waals surface area (Å²) in [6.45, 7) is 9.76. The first-order valence-electron chi connectivity index (χ1n) is 15.5. The van der Waals surface area contributed by atoms with Crippen molar-refractivity contribution in [3.05, 3.63) is 47.5 Å². The fraction of sp³-hybridized carbons (Fsp3) is 0.735. The molecule has 41 heavy (non-hydrogen) atoms. The number of hydrogen-bond acceptors (Lipinski definition) is 7. The lowest BCUT2D eigenvalue weighted by molar-refractivity contribution is -0.189. The predicted octanol–water partition coefficient (Wildman–Crippen LogP) is 4.08. The lowest BCUT2D eigenvalue weighted by Gasteiger charge is -2.60. The molecule has 4 aliphatic carbocycles. The zero-order valence-electron chi connectivity index (χ0n) is 25.3. The summed E-state index contributed by atoms with van der Waals surface area (Å²) in [7, 11) is 0. The molecule has 3 fully saturated rings. The van der Waals surface area contributed by atoms with Gasteiger partial charge in [0.05, 0.1) is 41.7 Å². The molecule has 1 aromatic rings. The molecule has 0 aliphatic heterocycles. The van der Waals surface area contributed by atoms with E-state index in [1.807, 2.05) is 44.2 Å². The van der Waals surface area contributed by atoms with Gasteiger partial charge in [0.2, 0.25) is 0 Å². The molecule has 5 unspecified atom stereocenters. The van der Waals surface area contributed by atoms with E-state index in [4.69, 9.17) is 4.74 Å². The molecule has 0 saturated heterocycles. The number of ether oxygens (including phenoxy) is 1. The van der Waals surface area contributed by atoms with Crippen LogP contribution in [0.25, 0.3) is 0 Å². The van der Waals surface area contributed by atoms with E-state index < -0.39 is 45.9 Å². The second-order valence-electron chi connectivity index (χ2n) is 15.0. The van der Waals surface area contributed by atoms with E-state index in [2.05, 4.69) is 6.92 Å². The molecule has 0 heterocycles. The molecule has 5 N–H and O–H groups in total. The van der Waals surface area contributed by atoms with E-state index >= 15 is 0 Å². The molecular weight excluding hydrogens is 520 g/mol. The lowest BCUT2D eigenvalue weighted by Crippen LogP contribution is -2.63. The maximum absolute atomic E-state index is 13.5. The Labute approximate surface area is 244 Å². The molecule has 228 valence electrons. The van der Waals surface area contributed by atoms with Crippen LogP contribution < -0.4 is 0 Å². The number of aliphatic hydroxyl groups excluding tert-OH is 2. The number of carbonyl (C=O) groups is 1. The molecule has 10 atom stereocenters. The van der Waals surface area contributed by atoms with Crippen LogP contribution in [0, 0.1) is 28.6 Å². The summed E-state index contributed by atoms with van der Waals surface area (Å²) in [5.41, 5.74) is -2.97. The van der Waals surface area contributed by atoms with Gasteiger partial charge in [-0.25, -0.2) is 0 Å². The topological polar surface area (TPSA) is 127 Å². The van der Waals surface area contributed by atoms with Gasteiger partial charge in [-0.3, -0.25) is 4.79 Å². The number of hydrogen-bond donors (Lipinski definition) is 5. The van der Waals surface area contributed by atoms with Crippen molar-refractivity contribution in [1.29, 1.82) is 0 Å². The van der Waals surface area contributed by atoms with Crippen molar-refractivity contribution in [3.8, 4) is 0 Å². The SMILES string of the molecule is CC(C)(O)CC[C@@H](OCc1ccccc1)[C@](C)(O)C1CC[C@@]2(O)C3=CC(=O)C4C[C@@H](O)[C@@H](O)CC4(C)C3CCC12C. The normalized spacial score (nSPS) is 41.1. The van der Waals surface area contributed by atoms with Gasteiger partial charge in [0, 0.05) is 11.3 Å². The second kappa shape index (κ2) is 10.5. The van der Waals surface area contributed by atoms with E-state index in [1.165, 1.54) is 0 Å². The van der Waals surface area contributed by atoms with Gasteiger partial charge in [-0.2, -0.15) is 0 Å². The Kier molecular flexibility index (Phi) is 7.92. The van der Waals surface area contributed by atoms with Crippen molar-refractivity contribution < 1.29 is 35.1 Å². The number of benzene rings is 1. The van der Waals surface area contributed by atoms with Crippen LogP contribution in [-0.4, -0.2) is 66.4 Å². The molecule has 0 amide bonds. The molecule has 5 rings (SSSR count). The summed E-state index contributed by atoms with van der Waals surface area (Å²) in [6, 6.07) is 9.83. The number of ketones is 1. The summed E-state index contributed by atoms with van der Waals surface area (Å²) in [5, 5.41) is 56.4. The van der Waals surface area contributed by atoms with Crippen LogP contribution in [0.2, 0.25) is 0 Å². The van der Waals surface area contributed by atoms with Crippen molar-refractivity contribution in [3.63, 3.8) is 0 Å². The van der Waals surface area contributed by atoms with Crippen LogP contribution >= 0.6 is 0 Å². The second-order valence-corrected chi connectivity index (χ2v) is 15.0. The lowest BCUT2D eigenvalue weighted by atomic mass is 9.45. The van der Waals surface area contributed by atoms with E-state index in [9.17, 15) is 30.3 Å². The first kappa shape index (κ1) is 30.8. The highest BCUT2D eigenvalue weighted by atomic mass is 16.5. The van der Waals surface area contributed by atoms with E-state index in [0.29, 0.717) is 45.1 Å². The minimum Gasteiger partial charge on any atom is -0.390 e. The monoisotopic (exact) mass is 570 g/mol. The average Bonchev–Trinajstić information content (AvgIpc) is 3.17. The minimum atomic E-state index is -1.30. The van der Waals surface area contributed by atoms with E-state index in [-0.39, 0.29) is 30.0 Å². The molecule has 0 bridgehead atoms. The number of fused-ring (bicyclic) bond motifs is 5. The van der Waals surface area contributed by atoms with Crippen LogP contribution in [0.1, 0.15) is 91.5 Å². The Balaban J connectivity index is 1.46. The van der Waals surface area contributed by atoms with Gasteiger partial charge in [-0.05, 0) is 107 Å². The zero-order chi connectivity index (χ0) is 30.0. The van der Waals surface area contributed by atoms with Gasteiger partial charge >= 0.3 is 0 Å². The first-order valence-corrected chi connectivity index (χ1v) is 15.5. The fourth-order valence-corrected chi connectivity index (χ4v) is 9.33. The first-order chi connectivity index (χ1) is 19.0. The summed E-state index contributed by atoms with van der Waals surface area (Å²) in [5.74, 6) is -0.828. The van der Waals surface area contributed by atoms with Crippen molar-refractivity contribution in [2.75, 3.05) is 0 Å². The fourth-order valence-electron chi connectivity index (χ4n) is 9.33. The molecule has 1 aromatic carbocycles. The van der Waals surface area contributed by atoms with Crippen LogP contribution in [0.3, 0.4) is 0 Å². The van der Waals surface area contributed by atoms with Gasteiger partial charge in [-0.15, -0.1) is 0 Å². The molecule has 0 spiro atoms. The Bertz CT molecular complexity index is 1160. The van der Waals surface area contributed by atoms with Gasteiger partial charge in [0.25, 0.3) is 0 Å². The molecular formula is C34H50O7. The van der Waals surface area contributed by atoms with Crippen LogP contribution in [-0.2, 0) is 16.1 Å². The van der Waals surface area contributed by atoms with Gasteiger partial charge in [0.15, 0.2) is 5.78 Å². The van der Waals surface area contributed by atoms with Crippen LogP contribution in [0.4, 0.5) is 0 Å². The average molecular weight is 571 g/mol. The summed E-state index contributed by atoms with van der Waals surface area (Å²) >= 11 is 0. The summed E-state index contributed by atoms with van der Waals surface area (Å²) in [4.78, 5) is 13.5. The maximum Gasteiger partial charge on any atom is 0.159 e. The molecule has 7 nitrogen and oxygen atoms in total. The Morgan fingerprint density at radius 3 is 2.34 bits per heavy atom. The van der Waals surface area contributed by atoms with Crippen LogP contribution in [0.5, 0.6) is 0 Å². The highest BCUT2D eigenvalue weighted by Crippen LogP contribution is 2.68. The van der Waals surface area contributed by atoms with Gasteiger partial charge in [0.1, 0.15) is 0 Å². The van der Waals surface area contributed by atoms with E-state index in [1.54, 1.807) is 19.9 Å². The number of allylic oxidation sites excluding steroid dienone is 1. The van der Waals surface area contributed by atoms with Crippen molar-refractivity contribution >= 4 is 5.78 Å². The number of carbonyl (C=O) groups excluding carboxylic acids is 1. The minimum absolute atomic E-state index is 0.0746. The largest absolute Gasteiger partial charge is 0.390 e. The molecule has 0 aromatic heterocycles. The molecule has 7 heteroatoms. The zero-order valence-corrected chi connectivity index (χ0v) is 25.3. The highest BCUT2D eigenvalue weighted by Gasteiger charge is 2.69. The molecule has 0 radical (unpaired) electrons. The van der Waals surface area contributed by atoms with Gasteiger partial charge < -0.3 is 30.3 Å². The highest BCUT2D eigenvalue weighted by molar-refractivity contribution is 5.95. The van der Waals surface area contributed by atoms with Crippen molar-refractivity contribution in [2.24, 2.45) is 28.6 Å². The Morgan fingerprint density at radius 1 is 1.00 bits per heavy atom. The number of aliphatic hydroxyl groups is 5. The Hall–Kier alpha value is -1.61. The number of rotatable bonds is 8. The van der Waals surface area contributed by atoms with Crippen molar-refractivity contribution in [1.82, 2.24) is 0 Å². The summed E-state index contributed by atoms with van der Waals surface area (Å²) < 4.78 is 6.43. The van der Waals surface area contributed by atoms with Crippen molar-refractivity contribution in [2.45, 2.75) is 128 Å². The maximum atomic E-state index is 13.5. The van der Waals surface area contributed by atoms with E-state index in [0.717, 1.165) is 17.6 Å². The molecule has 4 aliphatic rings. The van der Waals surface area contributed by atoms with Crippen LogP contribution in [0.15, 0.2) is 42.0 Å². The Morgan fingerprint density at radius 2 is 1.68 bits per heavy atom. The summed E-state index contributed by atoms with van der Waals surface area (Å²) in [6.07, 6.45) is 3.16. The smallest absolute Gasteiger partial charge is 0.159 e. The predicted molar refractivity (Wildman–Crippen MR) is 156 cm³/mol. The third-order valence-electron chi connectivity index (χ3n) is 11.8. The standard InChI is InChI=1S/C34H50O7/c1-30(2,38)14-13-29(41-20-21-9-7-6-8-10-21)33(5,39)28-12-16-34(40)23-17-25(35)24-18-26(36)27(37)19-31(24,3)22(23)11-15-32(28,34)4/h6-10,17,22,24,26-29,36-40H,11-16,18-20H2,1-5H3/t22?,24?,26-,27+,28?,29-,31?,32?,33-,34-/m1/s1. The quantitative estimate of drug-likeness (QED) is 0.319. The third-order valence-corrected chi connectivity index (χ3v) is 11.8. The van der Waals surface area contributed by atoms with Gasteiger partial charge in [-0.1, -0.05) is 44.2 Å². The third kappa shape index (κ3) is 5.15.